The quantitative estimate of drug-likeness (QED) is 0.308. The molecule has 1 aromatic carbocycles. The van der Waals surface area contributed by atoms with Crippen molar-refractivity contribution in [3.05, 3.63) is 36.9 Å². The van der Waals surface area contributed by atoms with Crippen molar-refractivity contribution in [1.82, 2.24) is 0 Å². The largest absolute Gasteiger partial charge is 1.00 e. The van der Waals surface area contributed by atoms with Gasteiger partial charge in [-0.1, -0.05) is 17.2 Å². The van der Waals surface area contributed by atoms with Gasteiger partial charge in [-0.2, -0.15) is 0 Å². The molecule has 0 fully saturated rings. The Bertz CT molecular complexity index is 571. The zero-order valence-corrected chi connectivity index (χ0v) is 12.3. The van der Waals surface area contributed by atoms with E-state index >= 15 is 0 Å². The molecule has 0 aliphatic carbocycles. The Morgan fingerprint density at radius 2 is 2.11 bits per heavy atom. The molecule has 1 rings (SSSR count). The molecule has 0 saturated heterocycles. The van der Waals surface area contributed by atoms with Crippen molar-refractivity contribution in [2.24, 2.45) is 9.63 Å². The molecule has 0 saturated carbocycles. The van der Waals surface area contributed by atoms with Crippen molar-refractivity contribution in [3.8, 4) is 0 Å². The van der Waals surface area contributed by atoms with Gasteiger partial charge in [-0.25, -0.2) is 8.42 Å². The van der Waals surface area contributed by atoms with Crippen LogP contribution in [0.25, 0.3) is 0 Å². The van der Waals surface area contributed by atoms with Crippen molar-refractivity contribution in [2.75, 3.05) is 5.32 Å². The topological polar surface area (TPSA) is 111 Å². The van der Waals surface area contributed by atoms with Crippen LogP contribution in [0.1, 0.15) is 0 Å². The summed E-state index contributed by atoms with van der Waals surface area (Å²) in [6.07, 6.45) is 1.08. The molecule has 0 unspecified atom stereocenters. The Morgan fingerprint density at radius 1 is 1.44 bits per heavy atom. The average molecular weight is 277 g/mol. The summed E-state index contributed by atoms with van der Waals surface area (Å²) in [5.74, 6) is -0.421. The summed E-state index contributed by atoms with van der Waals surface area (Å²) in [5, 5.41) is 5.66. The number of benzene rings is 1. The van der Waals surface area contributed by atoms with E-state index in [-0.39, 0.29) is 35.2 Å². The van der Waals surface area contributed by atoms with E-state index in [0.717, 1.165) is 6.08 Å². The maximum atomic E-state index is 11.0. The summed E-state index contributed by atoms with van der Waals surface area (Å²) >= 11 is 0. The number of nitrogens with one attached hydrogen (secondary N) is 1. The van der Waals surface area contributed by atoms with Crippen LogP contribution in [-0.2, 0) is 15.1 Å². The number of hydrogen-bond donors (Lipinski definition) is 1. The Balaban J connectivity index is 0.00000289. The number of amides is 1. The molecule has 0 aliphatic heterocycles. The fraction of sp³-hybridized carbons (Fsp3) is 0. The molecular weight excluding hydrogens is 269 g/mol. The van der Waals surface area contributed by atoms with E-state index in [4.69, 9.17) is 0 Å². The fourth-order valence-electron chi connectivity index (χ4n) is 0.936. The summed E-state index contributed by atoms with van der Waals surface area (Å²) in [4.78, 5) is 11.0. The Kier molecular flexibility index (Phi) is 6.96. The maximum Gasteiger partial charge on any atom is 1.00 e. The minimum absolute atomic E-state index is 0. The van der Waals surface area contributed by atoms with Gasteiger partial charge < -0.3 is 9.87 Å². The summed E-state index contributed by atoms with van der Waals surface area (Å²) in [6, 6.07) is 5.87. The van der Waals surface area contributed by atoms with E-state index in [1.807, 2.05) is 0 Å². The van der Waals surface area contributed by atoms with Crippen molar-refractivity contribution in [1.29, 1.82) is 0 Å². The summed E-state index contributed by atoms with van der Waals surface area (Å²) in [6.45, 7) is 3.27. The minimum Gasteiger partial charge on any atom is -0.728 e. The second-order valence-corrected chi connectivity index (χ2v) is 3.87. The van der Waals surface area contributed by atoms with E-state index < -0.39 is 16.2 Å². The summed E-state index contributed by atoms with van der Waals surface area (Å²) in [7, 11) is -4.76. The van der Waals surface area contributed by atoms with Crippen LogP contribution in [-0.4, -0.2) is 18.9 Å². The molecular formula is C9H8N3NaO4S. The normalized spacial score (nSPS) is 10.7. The van der Waals surface area contributed by atoms with Gasteiger partial charge in [0.25, 0.3) is 0 Å². The number of rotatable bonds is 4. The first-order valence-electron chi connectivity index (χ1n) is 4.33. The van der Waals surface area contributed by atoms with Crippen LogP contribution in [0.4, 0.5) is 11.4 Å². The van der Waals surface area contributed by atoms with E-state index in [9.17, 15) is 17.8 Å². The van der Waals surface area contributed by atoms with Gasteiger partial charge in [-0.3, -0.25) is 4.79 Å². The van der Waals surface area contributed by atoms with Gasteiger partial charge >= 0.3 is 29.6 Å². The summed E-state index contributed by atoms with van der Waals surface area (Å²) in [5.41, 5.74) is 0.515. The van der Waals surface area contributed by atoms with Crippen molar-refractivity contribution in [3.63, 3.8) is 0 Å². The molecule has 0 aromatic heterocycles. The standard InChI is InChI=1S/C9H9N3O4S.Na/c1-2-9(13)10-7-4-3-5-8(6-7)11-12-17(14,15)16;/h2-6H,1H2,(H,10,13)(H,14,15,16);/q;+1/p-1. The molecule has 7 nitrogen and oxygen atoms in total. The Morgan fingerprint density at radius 3 is 2.67 bits per heavy atom. The van der Waals surface area contributed by atoms with E-state index in [2.05, 4.69) is 21.5 Å². The van der Waals surface area contributed by atoms with Gasteiger partial charge in [0.1, 0.15) is 0 Å². The molecule has 1 amide bonds. The van der Waals surface area contributed by atoms with Gasteiger partial charge in [-0.15, -0.1) is 5.11 Å². The Labute approximate surface area is 126 Å². The fourth-order valence-corrected chi connectivity index (χ4v) is 1.13. The molecule has 0 atom stereocenters. The predicted octanol–water partition coefficient (Wildman–Crippen LogP) is -1.64. The molecule has 1 aromatic rings. The van der Waals surface area contributed by atoms with Crippen LogP contribution in [0, 0.1) is 0 Å². The molecule has 0 spiro atoms. The first kappa shape index (κ1) is 16.9. The number of anilines is 1. The van der Waals surface area contributed by atoms with Gasteiger partial charge in [0.15, 0.2) is 0 Å². The average Bonchev–Trinajstić information content (AvgIpc) is 2.26. The third kappa shape index (κ3) is 6.62. The monoisotopic (exact) mass is 277 g/mol. The maximum absolute atomic E-state index is 11.0. The van der Waals surface area contributed by atoms with Gasteiger partial charge in [0, 0.05) is 5.69 Å². The molecule has 18 heavy (non-hydrogen) atoms. The predicted molar refractivity (Wildman–Crippen MR) is 59.5 cm³/mol. The van der Waals surface area contributed by atoms with Crippen molar-refractivity contribution < 1.29 is 47.3 Å². The van der Waals surface area contributed by atoms with E-state index in [1.54, 1.807) is 6.07 Å². The van der Waals surface area contributed by atoms with Gasteiger partial charge in [-0.05, 0) is 24.3 Å². The molecule has 0 bridgehead atoms. The molecule has 0 heterocycles. The minimum atomic E-state index is -4.76. The SMILES string of the molecule is C=CC(=O)Nc1cccc(N=NS(=O)(=O)[O-])c1.[Na+]. The van der Waals surface area contributed by atoms with Gasteiger partial charge in [0.2, 0.25) is 16.2 Å². The van der Waals surface area contributed by atoms with Gasteiger partial charge in [0.05, 0.1) is 5.69 Å². The number of carbonyl (C=O) groups excluding carboxylic acids is 1. The molecule has 0 aliphatic rings. The van der Waals surface area contributed by atoms with Crippen LogP contribution < -0.4 is 34.9 Å². The molecule has 90 valence electrons. The Hall–Kier alpha value is -1.06. The summed E-state index contributed by atoms with van der Waals surface area (Å²) < 4.78 is 33.2. The van der Waals surface area contributed by atoms with Crippen LogP contribution in [0.15, 0.2) is 46.6 Å². The molecule has 9 heteroatoms. The first-order chi connectivity index (χ1) is 7.90. The zero-order valence-electron chi connectivity index (χ0n) is 9.53. The second kappa shape index (κ2) is 7.39. The van der Waals surface area contributed by atoms with Crippen LogP contribution in [0.3, 0.4) is 0 Å². The molecule has 1 N–H and O–H groups in total. The third-order valence-corrected chi connectivity index (χ3v) is 1.84. The number of hydrogen-bond acceptors (Lipinski definition) is 5. The number of nitrogens with zero attached hydrogens (tertiary/aromatic N) is 2. The third-order valence-electron chi connectivity index (χ3n) is 1.56. The van der Waals surface area contributed by atoms with Crippen molar-refractivity contribution >= 4 is 27.6 Å². The van der Waals surface area contributed by atoms with E-state index in [0.29, 0.717) is 5.69 Å². The zero-order chi connectivity index (χ0) is 12.9. The van der Waals surface area contributed by atoms with Crippen LogP contribution in [0.5, 0.6) is 0 Å². The van der Waals surface area contributed by atoms with Crippen LogP contribution in [0.2, 0.25) is 0 Å². The smallest absolute Gasteiger partial charge is 0.728 e. The van der Waals surface area contributed by atoms with Crippen molar-refractivity contribution in [2.45, 2.75) is 0 Å². The molecule has 0 radical (unpaired) electrons. The van der Waals surface area contributed by atoms with E-state index in [1.165, 1.54) is 18.2 Å². The number of carbonyl (C=O) groups is 1. The first-order valence-corrected chi connectivity index (χ1v) is 5.69. The second-order valence-electron chi connectivity index (χ2n) is 2.85. The van der Waals surface area contributed by atoms with Crippen LogP contribution >= 0.6 is 0 Å².